The zero-order chi connectivity index (χ0) is 12.3. The van der Waals surface area contributed by atoms with Crippen LogP contribution in [0.2, 0.25) is 0 Å². The molecule has 2 rings (SSSR count). The maximum absolute atomic E-state index is 5.60. The summed E-state index contributed by atoms with van der Waals surface area (Å²) in [7, 11) is 0. The van der Waals surface area contributed by atoms with Gasteiger partial charge in [-0.15, -0.1) is 0 Å². The molecule has 90 valence electrons. The number of furan rings is 1. The van der Waals surface area contributed by atoms with Crippen molar-refractivity contribution in [3.63, 3.8) is 0 Å². The van der Waals surface area contributed by atoms with Gasteiger partial charge in [0.1, 0.15) is 0 Å². The zero-order valence-corrected chi connectivity index (χ0v) is 11.2. The van der Waals surface area contributed by atoms with Gasteiger partial charge >= 0.3 is 0 Å². The number of aryl methyl sites for hydroxylation is 1. The summed E-state index contributed by atoms with van der Waals surface area (Å²) in [6.07, 6.45) is 2.48. The predicted octanol–water partition coefficient (Wildman–Crippen LogP) is 3.10. The van der Waals surface area contributed by atoms with E-state index in [-0.39, 0.29) is 6.04 Å². The van der Waals surface area contributed by atoms with Crippen molar-refractivity contribution in [2.24, 2.45) is 5.84 Å². The first-order chi connectivity index (χ1) is 8.20. The molecule has 3 nitrogen and oxygen atoms in total. The molecule has 1 aromatic heterocycles. The molecule has 0 aliphatic heterocycles. The van der Waals surface area contributed by atoms with E-state index in [9.17, 15) is 0 Å². The minimum atomic E-state index is 0.0471. The standard InChI is InChI=1S/C13H15BrN2O/c1-9-2-4-10(5-3-9)8-12(16-15)11-6-7-17-13(11)14/h2-7,12,16H,8,15H2,1H3. The summed E-state index contributed by atoms with van der Waals surface area (Å²) < 4.78 is 5.95. The maximum Gasteiger partial charge on any atom is 0.173 e. The molecule has 0 spiro atoms. The molecule has 0 saturated heterocycles. The minimum Gasteiger partial charge on any atom is -0.457 e. The van der Waals surface area contributed by atoms with Gasteiger partial charge in [0, 0.05) is 5.56 Å². The van der Waals surface area contributed by atoms with Gasteiger partial charge in [-0.1, -0.05) is 29.8 Å². The van der Waals surface area contributed by atoms with E-state index < -0.39 is 0 Å². The van der Waals surface area contributed by atoms with Crippen molar-refractivity contribution >= 4 is 15.9 Å². The van der Waals surface area contributed by atoms with Gasteiger partial charge in [0.15, 0.2) is 4.67 Å². The van der Waals surface area contributed by atoms with E-state index in [0.717, 1.165) is 16.7 Å². The first-order valence-electron chi connectivity index (χ1n) is 5.45. The lowest BCUT2D eigenvalue weighted by molar-refractivity contribution is 0.507. The molecule has 0 fully saturated rings. The van der Waals surface area contributed by atoms with Crippen LogP contribution in [0.3, 0.4) is 0 Å². The van der Waals surface area contributed by atoms with Gasteiger partial charge in [-0.2, -0.15) is 0 Å². The molecular weight excluding hydrogens is 280 g/mol. The average molecular weight is 295 g/mol. The molecule has 4 heteroatoms. The van der Waals surface area contributed by atoms with Crippen LogP contribution in [0.1, 0.15) is 22.7 Å². The Labute approximate surface area is 109 Å². The summed E-state index contributed by atoms with van der Waals surface area (Å²) in [5, 5.41) is 0. The Morgan fingerprint density at radius 3 is 2.53 bits per heavy atom. The molecule has 0 aliphatic carbocycles. The third-order valence-corrected chi connectivity index (χ3v) is 3.43. The lowest BCUT2D eigenvalue weighted by Gasteiger charge is -2.15. The Hall–Kier alpha value is -1.10. The highest BCUT2D eigenvalue weighted by molar-refractivity contribution is 9.10. The van der Waals surface area contributed by atoms with E-state index in [1.807, 2.05) is 6.07 Å². The van der Waals surface area contributed by atoms with Gasteiger partial charge in [-0.3, -0.25) is 11.3 Å². The van der Waals surface area contributed by atoms with Crippen LogP contribution < -0.4 is 11.3 Å². The summed E-state index contributed by atoms with van der Waals surface area (Å²) >= 11 is 3.37. The second kappa shape index (κ2) is 5.49. The molecule has 1 aromatic carbocycles. The molecule has 0 amide bonds. The quantitative estimate of drug-likeness (QED) is 0.673. The smallest absolute Gasteiger partial charge is 0.173 e. The van der Waals surface area contributed by atoms with Crippen molar-refractivity contribution in [1.29, 1.82) is 0 Å². The molecule has 0 radical (unpaired) electrons. The Morgan fingerprint density at radius 2 is 2.00 bits per heavy atom. The second-order valence-corrected chi connectivity index (χ2v) is 4.78. The summed E-state index contributed by atoms with van der Waals surface area (Å²) in [5.41, 5.74) is 6.36. The fraction of sp³-hybridized carbons (Fsp3) is 0.231. The minimum absolute atomic E-state index is 0.0471. The second-order valence-electron chi connectivity index (χ2n) is 4.06. The van der Waals surface area contributed by atoms with Gasteiger partial charge in [0.25, 0.3) is 0 Å². The van der Waals surface area contributed by atoms with E-state index in [4.69, 9.17) is 10.3 Å². The molecule has 0 aliphatic rings. The highest BCUT2D eigenvalue weighted by Gasteiger charge is 2.15. The van der Waals surface area contributed by atoms with E-state index in [1.165, 1.54) is 11.1 Å². The number of halogens is 1. The lowest BCUT2D eigenvalue weighted by atomic mass is 10.0. The van der Waals surface area contributed by atoms with Crippen LogP contribution in [-0.2, 0) is 6.42 Å². The number of hydrogen-bond donors (Lipinski definition) is 2. The Morgan fingerprint density at radius 1 is 1.29 bits per heavy atom. The summed E-state index contributed by atoms with van der Waals surface area (Å²) in [6, 6.07) is 10.4. The predicted molar refractivity (Wildman–Crippen MR) is 71.4 cm³/mol. The maximum atomic E-state index is 5.60. The van der Waals surface area contributed by atoms with Crippen LogP contribution in [0.15, 0.2) is 45.7 Å². The molecule has 1 unspecified atom stereocenters. The summed E-state index contributed by atoms with van der Waals surface area (Å²) in [4.78, 5) is 0. The average Bonchev–Trinajstić information content (AvgIpc) is 2.75. The normalized spacial score (nSPS) is 12.6. The van der Waals surface area contributed by atoms with Crippen LogP contribution >= 0.6 is 15.9 Å². The number of nitrogens with two attached hydrogens (primary N) is 1. The van der Waals surface area contributed by atoms with E-state index in [2.05, 4.69) is 52.5 Å². The van der Waals surface area contributed by atoms with Crippen molar-refractivity contribution in [2.45, 2.75) is 19.4 Å². The number of hydrazine groups is 1. The van der Waals surface area contributed by atoms with Crippen molar-refractivity contribution in [3.8, 4) is 0 Å². The number of hydrogen-bond acceptors (Lipinski definition) is 3. The monoisotopic (exact) mass is 294 g/mol. The van der Waals surface area contributed by atoms with Crippen LogP contribution in [0.5, 0.6) is 0 Å². The fourth-order valence-electron chi connectivity index (χ4n) is 1.77. The van der Waals surface area contributed by atoms with Crippen molar-refractivity contribution in [1.82, 2.24) is 5.43 Å². The SMILES string of the molecule is Cc1ccc(CC(NN)c2ccoc2Br)cc1. The van der Waals surface area contributed by atoms with Crippen molar-refractivity contribution in [2.75, 3.05) is 0 Å². The Bertz CT molecular complexity index is 478. The van der Waals surface area contributed by atoms with E-state index >= 15 is 0 Å². The van der Waals surface area contributed by atoms with Crippen molar-refractivity contribution < 1.29 is 4.42 Å². The highest BCUT2D eigenvalue weighted by Crippen LogP contribution is 2.26. The van der Waals surface area contributed by atoms with Crippen molar-refractivity contribution in [3.05, 3.63) is 58.0 Å². The molecular formula is C13H15BrN2O. The summed E-state index contributed by atoms with van der Waals surface area (Å²) in [5.74, 6) is 5.60. The Kier molecular flexibility index (Phi) is 3.99. The number of rotatable bonds is 4. The molecule has 0 saturated carbocycles. The highest BCUT2D eigenvalue weighted by atomic mass is 79.9. The molecule has 3 N–H and O–H groups in total. The van der Waals surface area contributed by atoms with Gasteiger partial charge in [-0.25, -0.2) is 0 Å². The van der Waals surface area contributed by atoms with Crippen LogP contribution in [0, 0.1) is 6.92 Å². The van der Waals surface area contributed by atoms with Gasteiger partial charge in [0.2, 0.25) is 0 Å². The lowest BCUT2D eigenvalue weighted by Crippen LogP contribution is -2.29. The van der Waals surface area contributed by atoms with Gasteiger partial charge in [-0.05, 0) is 40.9 Å². The first-order valence-corrected chi connectivity index (χ1v) is 6.24. The van der Waals surface area contributed by atoms with Crippen LogP contribution in [0.4, 0.5) is 0 Å². The summed E-state index contributed by atoms with van der Waals surface area (Å²) in [6.45, 7) is 2.08. The third-order valence-electron chi connectivity index (χ3n) is 2.78. The van der Waals surface area contributed by atoms with E-state index in [1.54, 1.807) is 6.26 Å². The molecule has 1 heterocycles. The number of benzene rings is 1. The van der Waals surface area contributed by atoms with E-state index in [0.29, 0.717) is 0 Å². The molecule has 1 atom stereocenters. The largest absolute Gasteiger partial charge is 0.457 e. The molecule has 2 aromatic rings. The molecule has 0 bridgehead atoms. The third kappa shape index (κ3) is 2.97. The molecule has 17 heavy (non-hydrogen) atoms. The van der Waals surface area contributed by atoms with Gasteiger partial charge in [0.05, 0.1) is 12.3 Å². The van der Waals surface area contributed by atoms with Crippen LogP contribution in [-0.4, -0.2) is 0 Å². The first kappa shape index (κ1) is 12.4. The fourth-order valence-corrected chi connectivity index (χ4v) is 2.29. The van der Waals surface area contributed by atoms with Gasteiger partial charge < -0.3 is 4.42 Å². The number of nitrogens with one attached hydrogen (secondary N) is 1. The Balaban J connectivity index is 2.16. The zero-order valence-electron chi connectivity index (χ0n) is 9.61. The van der Waals surface area contributed by atoms with Crippen LogP contribution in [0.25, 0.3) is 0 Å². The topological polar surface area (TPSA) is 51.2 Å².